The van der Waals surface area contributed by atoms with Crippen LogP contribution in [0.15, 0.2) is 24.4 Å². The Morgan fingerprint density at radius 2 is 2.41 bits per heavy atom. The average molecular weight is 234 g/mol. The maximum atomic E-state index is 11.9. The van der Waals surface area contributed by atoms with Crippen LogP contribution in [0.5, 0.6) is 0 Å². The first-order valence-electron chi connectivity index (χ1n) is 6.02. The van der Waals surface area contributed by atoms with Gasteiger partial charge >= 0.3 is 0 Å². The number of carbonyl (C=O) groups excluding carboxylic acids is 1. The average Bonchev–Trinajstić information content (AvgIpc) is 2.79. The van der Waals surface area contributed by atoms with E-state index in [0.717, 1.165) is 19.3 Å². The molecule has 0 spiro atoms. The first kappa shape index (κ1) is 12.0. The van der Waals surface area contributed by atoms with Crippen molar-refractivity contribution in [3.05, 3.63) is 24.4 Å². The van der Waals surface area contributed by atoms with Crippen molar-refractivity contribution in [1.82, 2.24) is 15.8 Å². The number of hydrogen-bond acceptors (Lipinski definition) is 4. The van der Waals surface area contributed by atoms with Crippen LogP contribution in [0.2, 0.25) is 0 Å². The maximum absolute atomic E-state index is 11.9. The molecule has 0 aliphatic carbocycles. The number of carbonyl (C=O) groups is 1. The zero-order valence-corrected chi connectivity index (χ0v) is 9.94. The van der Waals surface area contributed by atoms with Crippen LogP contribution in [0, 0.1) is 0 Å². The monoisotopic (exact) mass is 234 g/mol. The van der Waals surface area contributed by atoms with Crippen molar-refractivity contribution in [2.45, 2.75) is 38.3 Å². The fraction of sp³-hybridized carbons (Fsp3) is 0.500. The molecule has 2 rings (SSSR count). The van der Waals surface area contributed by atoms with Crippen molar-refractivity contribution in [2.75, 3.05) is 5.32 Å². The number of hydrogen-bond donors (Lipinski definition) is 3. The summed E-state index contributed by atoms with van der Waals surface area (Å²) in [5.41, 5.74) is 6.16. The molecule has 3 N–H and O–H groups in total. The largest absolute Gasteiger partial charge is 0.309 e. The number of aromatic nitrogens is 1. The Morgan fingerprint density at radius 1 is 1.53 bits per heavy atom. The van der Waals surface area contributed by atoms with Gasteiger partial charge in [0, 0.05) is 12.2 Å². The van der Waals surface area contributed by atoms with E-state index in [4.69, 9.17) is 0 Å². The van der Waals surface area contributed by atoms with Crippen molar-refractivity contribution < 1.29 is 4.79 Å². The van der Waals surface area contributed by atoms with Crippen LogP contribution < -0.4 is 16.2 Å². The van der Waals surface area contributed by atoms with Gasteiger partial charge < -0.3 is 5.32 Å². The smallest absolute Gasteiger partial charge is 0.244 e. The minimum atomic E-state index is -0.173. The van der Waals surface area contributed by atoms with Crippen LogP contribution in [0.25, 0.3) is 0 Å². The fourth-order valence-electron chi connectivity index (χ4n) is 1.98. The normalized spacial score (nSPS) is 23.6. The van der Waals surface area contributed by atoms with Crippen molar-refractivity contribution in [2.24, 2.45) is 0 Å². The highest BCUT2D eigenvalue weighted by Gasteiger charge is 2.28. The van der Waals surface area contributed by atoms with Gasteiger partial charge in [0.15, 0.2) is 0 Å². The molecule has 1 aliphatic heterocycles. The van der Waals surface area contributed by atoms with Crippen molar-refractivity contribution in [1.29, 1.82) is 0 Å². The molecule has 0 saturated carbocycles. The fourth-order valence-corrected chi connectivity index (χ4v) is 1.98. The first-order chi connectivity index (χ1) is 8.29. The predicted octanol–water partition coefficient (Wildman–Crippen LogP) is 1.06. The van der Waals surface area contributed by atoms with E-state index in [1.165, 1.54) is 0 Å². The standard InChI is InChI=1S/C12H18N4O/c1-2-5-9-8-10(16-15-9)12(17)14-11-6-3-4-7-13-11/h3-4,6-7,9-10,15-16H,2,5,8H2,1H3,(H,13,14,17). The summed E-state index contributed by atoms with van der Waals surface area (Å²) in [4.78, 5) is 16.0. The Hall–Kier alpha value is -1.46. The molecule has 1 saturated heterocycles. The first-order valence-corrected chi connectivity index (χ1v) is 6.02. The molecule has 1 aliphatic rings. The van der Waals surface area contributed by atoms with Gasteiger partial charge in [0.05, 0.1) is 0 Å². The maximum Gasteiger partial charge on any atom is 0.244 e. The lowest BCUT2D eigenvalue weighted by Gasteiger charge is -2.09. The summed E-state index contributed by atoms with van der Waals surface area (Å²) in [5.74, 6) is 0.563. The molecule has 5 nitrogen and oxygen atoms in total. The van der Waals surface area contributed by atoms with Gasteiger partial charge in [-0.2, -0.15) is 0 Å². The summed E-state index contributed by atoms with van der Waals surface area (Å²) < 4.78 is 0. The number of hydrazine groups is 1. The number of pyridine rings is 1. The highest BCUT2D eigenvalue weighted by Crippen LogP contribution is 2.11. The van der Waals surface area contributed by atoms with Gasteiger partial charge in [-0.05, 0) is 25.0 Å². The molecule has 1 aromatic heterocycles. The quantitative estimate of drug-likeness (QED) is 0.728. The lowest BCUT2D eigenvalue weighted by Crippen LogP contribution is -2.40. The molecule has 0 aromatic carbocycles. The summed E-state index contributed by atoms with van der Waals surface area (Å²) in [6.45, 7) is 2.14. The highest BCUT2D eigenvalue weighted by atomic mass is 16.2. The van der Waals surface area contributed by atoms with E-state index in [-0.39, 0.29) is 11.9 Å². The van der Waals surface area contributed by atoms with Gasteiger partial charge in [0.1, 0.15) is 11.9 Å². The number of nitrogens with one attached hydrogen (secondary N) is 3. The molecule has 92 valence electrons. The van der Waals surface area contributed by atoms with E-state index in [0.29, 0.717) is 11.9 Å². The van der Waals surface area contributed by atoms with Crippen LogP contribution in [-0.4, -0.2) is 23.0 Å². The second kappa shape index (κ2) is 5.75. The minimum absolute atomic E-state index is 0.0326. The summed E-state index contributed by atoms with van der Waals surface area (Å²) in [7, 11) is 0. The third kappa shape index (κ3) is 3.25. The number of anilines is 1. The molecule has 2 heterocycles. The second-order valence-electron chi connectivity index (χ2n) is 4.27. The number of nitrogens with zero attached hydrogens (tertiary/aromatic N) is 1. The third-order valence-electron chi connectivity index (χ3n) is 2.85. The Balaban J connectivity index is 1.85. The molecular formula is C12H18N4O. The third-order valence-corrected chi connectivity index (χ3v) is 2.85. The van der Waals surface area contributed by atoms with Crippen LogP contribution in [0.3, 0.4) is 0 Å². The molecule has 1 amide bonds. The van der Waals surface area contributed by atoms with Crippen molar-refractivity contribution in [3.63, 3.8) is 0 Å². The van der Waals surface area contributed by atoms with E-state index < -0.39 is 0 Å². The molecule has 0 radical (unpaired) electrons. The molecular weight excluding hydrogens is 216 g/mol. The molecule has 5 heteroatoms. The summed E-state index contributed by atoms with van der Waals surface area (Å²) in [6.07, 6.45) is 4.69. The van der Waals surface area contributed by atoms with E-state index >= 15 is 0 Å². The predicted molar refractivity (Wildman–Crippen MR) is 66.2 cm³/mol. The Labute approximate surface area is 101 Å². The zero-order valence-electron chi connectivity index (χ0n) is 9.94. The highest BCUT2D eigenvalue weighted by molar-refractivity contribution is 5.94. The van der Waals surface area contributed by atoms with Crippen LogP contribution >= 0.6 is 0 Å². The molecule has 2 unspecified atom stereocenters. The van der Waals surface area contributed by atoms with Crippen molar-refractivity contribution >= 4 is 11.7 Å². The van der Waals surface area contributed by atoms with E-state index in [9.17, 15) is 4.79 Å². The Kier molecular flexibility index (Phi) is 4.06. The lowest BCUT2D eigenvalue weighted by molar-refractivity contribution is -0.117. The molecule has 2 atom stereocenters. The molecule has 17 heavy (non-hydrogen) atoms. The Bertz CT molecular complexity index is 368. The van der Waals surface area contributed by atoms with Crippen LogP contribution in [0.4, 0.5) is 5.82 Å². The minimum Gasteiger partial charge on any atom is -0.309 e. The summed E-state index contributed by atoms with van der Waals surface area (Å²) in [5, 5.41) is 2.79. The summed E-state index contributed by atoms with van der Waals surface area (Å²) in [6, 6.07) is 5.67. The van der Waals surface area contributed by atoms with Gasteiger partial charge in [-0.1, -0.05) is 19.4 Å². The van der Waals surface area contributed by atoms with Crippen molar-refractivity contribution in [3.8, 4) is 0 Å². The van der Waals surface area contributed by atoms with E-state index in [2.05, 4.69) is 28.1 Å². The van der Waals surface area contributed by atoms with E-state index in [1.807, 2.05) is 12.1 Å². The van der Waals surface area contributed by atoms with Gasteiger partial charge in [-0.15, -0.1) is 0 Å². The van der Waals surface area contributed by atoms with Crippen LogP contribution in [0.1, 0.15) is 26.2 Å². The number of rotatable bonds is 4. The molecule has 1 aromatic rings. The lowest BCUT2D eigenvalue weighted by atomic mass is 10.1. The van der Waals surface area contributed by atoms with Crippen LogP contribution in [-0.2, 0) is 4.79 Å². The zero-order chi connectivity index (χ0) is 12.1. The van der Waals surface area contributed by atoms with Gasteiger partial charge in [0.25, 0.3) is 0 Å². The SMILES string of the molecule is CCCC1CC(C(=O)Nc2ccccn2)NN1. The Morgan fingerprint density at radius 3 is 3.12 bits per heavy atom. The number of amides is 1. The summed E-state index contributed by atoms with van der Waals surface area (Å²) >= 11 is 0. The van der Waals surface area contributed by atoms with E-state index in [1.54, 1.807) is 12.3 Å². The van der Waals surface area contributed by atoms with Gasteiger partial charge in [-0.3, -0.25) is 10.2 Å². The second-order valence-corrected chi connectivity index (χ2v) is 4.27. The topological polar surface area (TPSA) is 66.0 Å². The van der Waals surface area contributed by atoms with Gasteiger partial charge in [-0.25, -0.2) is 10.4 Å². The molecule has 0 bridgehead atoms. The molecule has 1 fully saturated rings. The van der Waals surface area contributed by atoms with Gasteiger partial charge in [0.2, 0.25) is 5.91 Å².